The molecule has 0 N–H and O–H groups in total. The van der Waals surface area contributed by atoms with E-state index in [1.807, 2.05) is 0 Å². The molecule has 3 rings (SSSR count). The Labute approximate surface area is 252 Å². The van der Waals surface area contributed by atoms with Gasteiger partial charge in [-0.15, -0.1) is 0 Å². The van der Waals surface area contributed by atoms with Crippen LogP contribution in [0.5, 0.6) is 17.2 Å². The van der Waals surface area contributed by atoms with E-state index in [1.165, 1.54) is 60.6 Å². The minimum absolute atomic E-state index is 0.420. The average Bonchev–Trinajstić information content (AvgIpc) is 3.04. The van der Waals surface area contributed by atoms with Crippen LogP contribution in [0, 0.1) is 0 Å². The molecule has 224 valence electrons. The van der Waals surface area contributed by atoms with Gasteiger partial charge in [0, 0.05) is 7.26 Å². The highest BCUT2D eigenvalue weighted by atomic mass is 31.2. The molecule has 0 heterocycles. The molecule has 0 aliphatic carbocycles. The number of hydrogen-bond acceptors (Lipinski definition) is 3. The summed E-state index contributed by atoms with van der Waals surface area (Å²) in [6.07, 6.45) is 11.5. The first-order valence-corrected chi connectivity index (χ1v) is 18.2. The first-order chi connectivity index (χ1) is 19.9. The lowest BCUT2D eigenvalue weighted by molar-refractivity contribution is 0.414. The molecule has 0 amide bonds. The molecule has 1 atom stereocenters. The van der Waals surface area contributed by atoms with E-state index in [0.29, 0.717) is 12.5 Å². The number of unbranched alkanes of at least 4 members (excludes halogenated alkanes) is 1. The van der Waals surface area contributed by atoms with E-state index < -0.39 is 7.26 Å². The lowest BCUT2D eigenvalue weighted by Gasteiger charge is -2.26. The molecule has 5 heteroatoms. The Morgan fingerprint density at radius 3 is 1.22 bits per heavy atom. The third kappa shape index (κ3) is 11.0. The second-order valence-electron chi connectivity index (χ2n) is 11.0. The minimum atomic E-state index is -0.420. The number of hydrogen-bond donors (Lipinski definition) is 0. The van der Waals surface area contributed by atoms with Crippen molar-refractivity contribution in [2.45, 2.75) is 72.3 Å². The molecule has 1 unspecified atom stereocenters. The van der Waals surface area contributed by atoms with Gasteiger partial charge in [0.1, 0.15) is 17.2 Å². The van der Waals surface area contributed by atoms with Crippen LogP contribution >= 0.6 is 7.26 Å². The highest BCUT2D eigenvalue weighted by Gasteiger charge is 2.28. The van der Waals surface area contributed by atoms with Gasteiger partial charge < -0.3 is 14.2 Å². The summed E-state index contributed by atoms with van der Waals surface area (Å²) in [5, 5.41) is 0. The molecule has 0 spiro atoms. The second kappa shape index (κ2) is 18.9. The fourth-order valence-corrected chi connectivity index (χ4v) is 8.46. The highest BCUT2D eigenvalue weighted by molar-refractivity contribution is 7.75. The predicted octanol–water partition coefficient (Wildman–Crippen LogP) is 9.67. The Morgan fingerprint density at radius 1 is 0.561 bits per heavy atom. The van der Waals surface area contributed by atoms with Crippen molar-refractivity contribution in [1.29, 1.82) is 0 Å². The van der Waals surface area contributed by atoms with E-state index in [0.717, 1.165) is 29.9 Å². The molecule has 0 bridgehead atoms. The van der Waals surface area contributed by atoms with Crippen LogP contribution < -0.4 is 14.2 Å². The van der Waals surface area contributed by atoms with Crippen LogP contribution in [0.15, 0.2) is 72.8 Å². The topological polar surface area (TPSA) is 27.7 Å². The normalized spacial score (nSPS) is 11.7. The summed E-state index contributed by atoms with van der Waals surface area (Å²) in [5.41, 5.74) is 4.09. The van der Waals surface area contributed by atoms with Crippen molar-refractivity contribution in [2.75, 3.05) is 46.0 Å². The summed E-state index contributed by atoms with van der Waals surface area (Å²) in [6, 6.07) is 25.7. The smallest absolute Gasteiger partial charge is 0.157 e. The van der Waals surface area contributed by atoms with Crippen LogP contribution in [0.1, 0.15) is 76.4 Å². The van der Waals surface area contributed by atoms with Gasteiger partial charge in [-0.1, -0.05) is 79.3 Å². The van der Waals surface area contributed by atoms with Crippen molar-refractivity contribution >= 4 is 14.0 Å². The van der Waals surface area contributed by atoms with E-state index in [2.05, 4.69) is 107 Å². The van der Waals surface area contributed by atoms with Crippen molar-refractivity contribution in [3.8, 4) is 17.2 Å². The van der Waals surface area contributed by atoms with E-state index >= 15 is 0 Å². The van der Waals surface area contributed by atoms with Gasteiger partial charge in [-0.2, -0.15) is 0 Å². The summed E-state index contributed by atoms with van der Waals surface area (Å²) >= 11 is 0. The van der Waals surface area contributed by atoms with Crippen molar-refractivity contribution in [3.63, 3.8) is 0 Å². The van der Waals surface area contributed by atoms with Crippen LogP contribution in [0.4, 0.5) is 0 Å². The molecule has 41 heavy (non-hydrogen) atoms. The van der Waals surface area contributed by atoms with E-state index in [-0.39, 0.29) is 0 Å². The largest absolute Gasteiger partial charge is 0.497 e. The quantitative estimate of drug-likeness (QED) is 0.125. The molecular weight excluding hydrogens is 522 g/mol. The predicted molar refractivity (Wildman–Crippen MR) is 183 cm³/mol. The zero-order valence-electron chi connectivity index (χ0n) is 27.1. The van der Waals surface area contributed by atoms with Crippen molar-refractivity contribution < 1.29 is 14.2 Å². The van der Waals surface area contributed by atoms with Gasteiger partial charge in [0.25, 0.3) is 0 Å². The summed E-state index contributed by atoms with van der Waals surface area (Å²) in [7, 11) is 4.73. The molecule has 0 radical (unpaired) electrons. The molecule has 0 aliphatic rings. The van der Waals surface area contributed by atoms with Gasteiger partial charge >= 0.3 is 0 Å². The number of benzene rings is 3. The maximum Gasteiger partial charge on any atom is 0.157 e. The number of rotatable bonds is 16. The Hall–Kier alpha value is -2.45. The van der Waals surface area contributed by atoms with Crippen LogP contribution in [0.2, 0.25) is 0 Å². The minimum Gasteiger partial charge on any atom is -0.497 e. The van der Waals surface area contributed by atoms with E-state index in [1.54, 1.807) is 21.3 Å². The fraction of sp³-hybridized carbons (Fsp3) is 0.500. The van der Waals surface area contributed by atoms with Crippen LogP contribution in [0.3, 0.4) is 0 Å². The van der Waals surface area contributed by atoms with Crippen LogP contribution in [0.25, 0.3) is 0 Å². The maximum absolute atomic E-state index is 5.40. The SMILES string of the molecule is CCCCC(B(Cc1ccc(OC)cc1)Cc1ccc(OC)cc1)c1ccc(OC)cc1.CC[P+](CC)(CC)CC. The van der Waals surface area contributed by atoms with Gasteiger partial charge in [-0.3, -0.25) is 0 Å². The van der Waals surface area contributed by atoms with Crippen molar-refractivity contribution in [2.24, 2.45) is 0 Å². The summed E-state index contributed by atoms with van der Waals surface area (Å²) in [4.78, 5) is 0. The standard InChI is InChI=1S/C28H35BO3.C8H20P/c1-5-6-7-28(24-12-18-27(32-4)19-13-24)29(20-22-8-14-25(30-2)15-9-22)21-23-10-16-26(31-3)17-11-23;1-5-9(6-2,7-3)8-4/h8-19,28H,5-7,20-21H2,1-4H3;5-8H2,1-4H3/q;+1. The van der Waals surface area contributed by atoms with Crippen molar-refractivity contribution in [1.82, 2.24) is 0 Å². The fourth-order valence-electron chi connectivity index (χ4n) is 5.78. The third-order valence-corrected chi connectivity index (χ3v) is 14.3. The Kier molecular flexibility index (Phi) is 16.0. The first-order valence-electron chi connectivity index (χ1n) is 15.7. The summed E-state index contributed by atoms with van der Waals surface area (Å²) in [5.74, 6) is 3.19. The van der Waals surface area contributed by atoms with Crippen molar-refractivity contribution in [3.05, 3.63) is 89.5 Å². The lowest BCUT2D eigenvalue weighted by atomic mass is 9.34. The summed E-state index contributed by atoms with van der Waals surface area (Å²) in [6.45, 7) is 12.2. The van der Waals surface area contributed by atoms with E-state index in [9.17, 15) is 0 Å². The second-order valence-corrected chi connectivity index (χ2v) is 16.2. The molecule has 3 nitrogen and oxygen atoms in total. The Balaban J connectivity index is 0.000000564. The van der Waals surface area contributed by atoms with Crippen LogP contribution in [-0.4, -0.2) is 52.7 Å². The summed E-state index contributed by atoms with van der Waals surface area (Å²) < 4.78 is 16.1. The molecule has 0 aliphatic heterocycles. The maximum atomic E-state index is 5.40. The molecule has 0 saturated carbocycles. The third-order valence-electron chi connectivity index (χ3n) is 8.98. The number of ether oxygens (including phenoxy) is 3. The molecule has 0 fully saturated rings. The van der Waals surface area contributed by atoms with Crippen LogP contribution in [-0.2, 0) is 12.6 Å². The Morgan fingerprint density at radius 2 is 0.927 bits per heavy atom. The Bertz CT molecular complexity index is 1010. The van der Waals surface area contributed by atoms with Gasteiger partial charge in [-0.25, -0.2) is 0 Å². The average molecular weight is 578 g/mol. The zero-order chi connectivity index (χ0) is 30.1. The monoisotopic (exact) mass is 577 g/mol. The van der Waals surface area contributed by atoms with Gasteiger partial charge in [0.15, 0.2) is 6.71 Å². The molecule has 3 aromatic carbocycles. The molecule has 3 aromatic rings. The van der Waals surface area contributed by atoms with Gasteiger partial charge in [-0.05, 0) is 82.6 Å². The first kappa shape index (κ1) is 34.8. The lowest BCUT2D eigenvalue weighted by Crippen LogP contribution is -2.30. The molecule has 0 aromatic heterocycles. The molecular formula is C36H55BO3P+. The van der Waals surface area contributed by atoms with Gasteiger partial charge in [0.2, 0.25) is 0 Å². The highest BCUT2D eigenvalue weighted by Crippen LogP contribution is 2.57. The molecule has 0 saturated heterocycles. The zero-order valence-corrected chi connectivity index (χ0v) is 28.0. The van der Waals surface area contributed by atoms with E-state index in [4.69, 9.17) is 14.2 Å². The number of methoxy groups -OCH3 is 3. The van der Waals surface area contributed by atoms with Gasteiger partial charge in [0.05, 0.1) is 46.0 Å².